The van der Waals surface area contributed by atoms with Crippen LogP contribution in [-0.4, -0.2) is 18.8 Å². The van der Waals surface area contributed by atoms with Crippen LogP contribution in [0.15, 0.2) is 12.4 Å². The molecule has 0 aliphatic carbocycles. The summed E-state index contributed by atoms with van der Waals surface area (Å²) in [5, 5.41) is 0. The first kappa shape index (κ1) is 25.0. The molecule has 0 unspecified atom stereocenters. The highest BCUT2D eigenvalue weighted by Crippen LogP contribution is 2.23. The van der Waals surface area contributed by atoms with E-state index in [-0.39, 0.29) is 12.1 Å². The van der Waals surface area contributed by atoms with Crippen molar-refractivity contribution < 1.29 is 44.2 Å². The Morgan fingerprint density at radius 3 is 1.29 bits per heavy atom. The first-order chi connectivity index (χ1) is 6.48. The van der Waals surface area contributed by atoms with Gasteiger partial charge in [-0.15, -0.1) is 0 Å². The predicted octanol–water partition coefficient (Wildman–Crippen LogP) is 5.02. The van der Waals surface area contributed by atoms with E-state index in [0.717, 1.165) is 0 Å². The lowest BCUT2D eigenvalue weighted by Gasteiger charge is -2.02. The Morgan fingerprint density at radius 2 is 1.29 bits per heavy atom. The molecule has 0 saturated carbocycles. The van der Waals surface area contributed by atoms with E-state index < -0.39 is 37.6 Å². The molecule has 0 aromatic rings. The molecular weight excluding hydrogens is 274 g/mol. The number of allylic oxidation sites excluding steroid dienone is 1. The second-order valence-corrected chi connectivity index (χ2v) is 2.04. The fourth-order valence-electron chi connectivity index (χ4n) is 0.246. The molecule has 0 spiro atoms. The van der Waals surface area contributed by atoms with Crippen LogP contribution in [0.3, 0.4) is 0 Å². The average molecular weight is 284 g/mol. The Balaban J connectivity index is -0.0000000896. The molecule has 108 valence electrons. The van der Waals surface area contributed by atoms with E-state index in [1.807, 2.05) is 0 Å². The largest absolute Gasteiger partial charge is 0.411 e. The second-order valence-electron chi connectivity index (χ2n) is 2.04. The molecule has 0 aliphatic heterocycles. The van der Waals surface area contributed by atoms with Crippen LogP contribution < -0.4 is 0 Å². The van der Waals surface area contributed by atoms with Crippen LogP contribution in [0.2, 0.25) is 0 Å². The van der Waals surface area contributed by atoms with Gasteiger partial charge in [0.05, 0.1) is 6.33 Å². The smallest absolute Gasteiger partial charge is 0.269 e. The van der Waals surface area contributed by atoms with Crippen molar-refractivity contribution in [2.24, 2.45) is 0 Å². The zero-order valence-electron chi connectivity index (χ0n) is 7.25. The third-order valence-electron chi connectivity index (χ3n) is 0.638. The number of hydrogen-bond acceptors (Lipinski definition) is 0. The van der Waals surface area contributed by atoms with Crippen LogP contribution >= 0.6 is 0 Å². The lowest BCUT2D eigenvalue weighted by Crippen LogP contribution is -2.12. The summed E-state index contributed by atoms with van der Waals surface area (Å²) in [6.45, 7) is 0. The molecular formula is C7H10F10. The molecule has 0 fully saturated rings. The van der Waals surface area contributed by atoms with Crippen molar-refractivity contribution in [3.8, 4) is 0 Å². The van der Waals surface area contributed by atoms with Crippen molar-refractivity contribution in [2.75, 3.05) is 0 Å². The molecule has 0 radical (unpaired) electrons. The number of rotatable bonds is 1. The van der Waals surface area contributed by atoms with E-state index in [9.17, 15) is 39.5 Å². The van der Waals surface area contributed by atoms with Gasteiger partial charge in [-0.05, 0) is 0 Å². The van der Waals surface area contributed by atoms with Crippen LogP contribution in [-0.2, 0) is 0 Å². The Labute approximate surface area is 90.5 Å². The Morgan fingerprint density at radius 1 is 0.941 bits per heavy atom. The molecule has 17 heavy (non-hydrogen) atoms. The molecule has 10 heteroatoms. The van der Waals surface area contributed by atoms with E-state index in [1.165, 1.54) is 0 Å². The number of halogens is 10. The molecule has 0 heterocycles. The van der Waals surface area contributed by atoms with Gasteiger partial charge in [-0.2, -0.15) is 26.3 Å². The summed E-state index contributed by atoms with van der Waals surface area (Å²) >= 11 is 0. The van der Waals surface area contributed by atoms with E-state index in [4.69, 9.17) is 0 Å². The van der Waals surface area contributed by atoms with Gasteiger partial charge in [-0.25, -0.2) is 13.2 Å². The highest BCUT2D eigenvalue weighted by molar-refractivity contribution is 4.80. The summed E-state index contributed by atoms with van der Waals surface area (Å²) in [5.74, 6) is 0. The first-order valence-corrected chi connectivity index (χ1v) is 3.17. The van der Waals surface area contributed by atoms with Gasteiger partial charge >= 0.3 is 12.4 Å². The van der Waals surface area contributed by atoms with Gasteiger partial charge in [0.2, 0.25) is 6.43 Å². The van der Waals surface area contributed by atoms with Crippen LogP contribution in [0.5, 0.6) is 0 Å². The first-order valence-electron chi connectivity index (χ1n) is 3.17. The molecule has 0 saturated heterocycles. The SMILES string of the molecule is C.F.FC(F)CC(F)(F)F.FC=CC(F)(F)F. The molecule has 0 amide bonds. The topological polar surface area (TPSA) is 0 Å². The summed E-state index contributed by atoms with van der Waals surface area (Å²) in [7, 11) is 0. The van der Waals surface area contributed by atoms with Crippen LogP contribution in [0, 0.1) is 0 Å². The Kier molecular flexibility index (Phi) is 15.0. The molecule has 0 aromatic heterocycles. The van der Waals surface area contributed by atoms with Gasteiger partial charge in [0.25, 0.3) is 0 Å². The average Bonchev–Trinajstić information content (AvgIpc) is 1.77. The van der Waals surface area contributed by atoms with Gasteiger partial charge < -0.3 is 0 Å². The Hall–Kier alpha value is -0.960. The minimum atomic E-state index is -4.73. The van der Waals surface area contributed by atoms with Crippen molar-refractivity contribution in [1.29, 1.82) is 0 Å². The van der Waals surface area contributed by atoms with E-state index in [0.29, 0.717) is 0 Å². The normalized spacial score (nSPS) is 11.4. The van der Waals surface area contributed by atoms with Crippen LogP contribution in [0.1, 0.15) is 13.8 Å². The van der Waals surface area contributed by atoms with Crippen molar-refractivity contribution in [2.45, 2.75) is 32.6 Å². The van der Waals surface area contributed by atoms with Crippen molar-refractivity contribution >= 4 is 0 Å². The summed E-state index contributed by atoms with van der Waals surface area (Å²) in [6.07, 6.45) is -15.5. The fraction of sp³-hybridized carbons (Fsp3) is 0.714. The molecule has 0 atom stereocenters. The molecule has 0 N–H and O–H groups in total. The van der Waals surface area contributed by atoms with Gasteiger partial charge in [-0.1, -0.05) is 7.43 Å². The molecule has 0 aliphatic rings. The van der Waals surface area contributed by atoms with Gasteiger partial charge in [0.15, 0.2) is 0 Å². The zero-order valence-corrected chi connectivity index (χ0v) is 7.25. The molecule has 0 aromatic carbocycles. The maximum absolute atomic E-state index is 10.8. The van der Waals surface area contributed by atoms with Crippen molar-refractivity contribution in [3.63, 3.8) is 0 Å². The van der Waals surface area contributed by atoms with Gasteiger partial charge in [-0.3, -0.25) is 4.70 Å². The summed E-state index contributed by atoms with van der Waals surface area (Å²) < 4.78 is 96.9. The minimum Gasteiger partial charge on any atom is -0.269 e. The highest BCUT2D eigenvalue weighted by Gasteiger charge is 2.31. The summed E-state index contributed by atoms with van der Waals surface area (Å²) in [4.78, 5) is 0. The van der Waals surface area contributed by atoms with Crippen molar-refractivity contribution in [3.05, 3.63) is 12.4 Å². The molecule has 0 rings (SSSR count). The quantitative estimate of drug-likeness (QED) is 0.593. The van der Waals surface area contributed by atoms with E-state index in [1.54, 1.807) is 0 Å². The van der Waals surface area contributed by atoms with Gasteiger partial charge in [0.1, 0.15) is 6.42 Å². The van der Waals surface area contributed by atoms with Crippen LogP contribution in [0.4, 0.5) is 44.2 Å². The highest BCUT2D eigenvalue weighted by atomic mass is 19.4. The fourth-order valence-corrected chi connectivity index (χ4v) is 0.246. The Bertz CT molecular complexity index is 176. The number of hydrogen-bond donors (Lipinski definition) is 0. The zero-order chi connectivity index (χ0) is 12.7. The molecule has 0 bridgehead atoms. The standard InChI is InChI=1S/C3H3F5.C3H2F4.CH4.FH/c4-2(5)1-3(6,7)8;4-2-1-3(5,6)7;;/h2H,1H2;1-2H;1H4;1H. The summed E-state index contributed by atoms with van der Waals surface area (Å²) in [6, 6.07) is 0. The maximum Gasteiger partial charge on any atom is 0.411 e. The van der Waals surface area contributed by atoms with Gasteiger partial charge in [0, 0.05) is 6.08 Å². The van der Waals surface area contributed by atoms with E-state index in [2.05, 4.69) is 0 Å². The maximum atomic E-state index is 10.8. The van der Waals surface area contributed by atoms with Crippen molar-refractivity contribution in [1.82, 2.24) is 0 Å². The summed E-state index contributed by atoms with van der Waals surface area (Å²) in [5.41, 5.74) is 0. The minimum absolute atomic E-state index is 0. The molecule has 0 nitrogen and oxygen atoms in total. The third-order valence-corrected chi connectivity index (χ3v) is 0.638. The predicted molar refractivity (Wildman–Crippen MR) is 42.2 cm³/mol. The number of alkyl halides is 8. The van der Waals surface area contributed by atoms with Crippen LogP contribution in [0.25, 0.3) is 0 Å². The lowest BCUT2D eigenvalue weighted by atomic mass is 10.4. The third kappa shape index (κ3) is 39.6. The monoisotopic (exact) mass is 284 g/mol. The second kappa shape index (κ2) is 10.2. The van der Waals surface area contributed by atoms with E-state index >= 15 is 0 Å². The lowest BCUT2D eigenvalue weighted by molar-refractivity contribution is -0.158.